The van der Waals surface area contributed by atoms with Gasteiger partial charge in [-0.1, -0.05) is 47.6 Å². The van der Waals surface area contributed by atoms with Gasteiger partial charge in [0.05, 0.1) is 6.21 Å². The molecule has 4 nitrogen and oxygen atoms in total. The summed E-state index contributed by atoms with van der Waals surface area (Å²) >= 11 is 0. The van der Waals surface area contributed by atoms with Gasteiger partial charge in [-0.2, -0.15) is 0 Å². The summed E-state index contributed by atoms with van der Waals surface area (Å²) in [6, 6.07) is 16.6. The first-order valence-electron chi connectivity index (χ1n) is 6.00. The molecule has 0 aromatic heterocycles. The number of aliphatic carboxylic acids is 1. The number of nitrogens with zero attached hydrogens (tertiary/aromatic N) is 1. The molecule has 0 saturated heterocycles. The molecule has 0 radical (unpaired) electrons. The van der Waals surface area contributed by atoms with Crippen molar-refractivity contribution in [1.29, 1.82) is 0 Å². The van der Waals surface area contributed by atoms with Crippen LogP contribution in [-0.2, 0) is 4.79 Å². The molecular weight excluding hydrogens is 254 g/mol. The molecule has 0 atom stereocenters. The van der Waals surface area contributed by atoms with Gasteiger partial charge in [-0.3, -0.25) is 0 Å². The number of hydrogen-bond donors (Lipinski definition) is 1. The number of carboxylic acids is 1. The zero-order valence-electron chi connectivity index (χ0n) is 10.6. The Labute approximate surface area is 116 Å². The summed E-state index contributed by atoms with van der Waals surface area (Å²) in [4.78, 5) is 15.6. The highest BCUT2D eigenvalue weighted by Crippen LogP contribution is 2.09. The Morgan fingerprint density at radius 1 is 1.00 bits per heavy atom. The van der Waals surface area contributed by atoms with Crippen molar-refractivity contribution in [3.05, 3.63) is 71.8 Å². The molecule has 0 amide bonds. The molecule has 0 fully saturated rings. The molecule has 2 rings (SSSR count). The summed E-state index contributed by atoms with van der Waals surface area (Å²) in [6.07, 6.45) is 4.23. The van der Waals surface area contributed by atoms with E-state index >= 15 is 0 Å². The van der Waals surface area contributed by atoms with E-state index in [9.17, 15) is 4.79 Å². The van der Waals surface area contributed by atoms with Crippen LogP contribution in [-0.4, -0.2) is 17.3 Å². The fraction of sp³-hybridized carbons (Fsp3) is 0. The largest absolute Gasteiger partial charge is 0.478 e. The van der Waals surface area contributed by atoms with Crippen molar-refractivity contribution in [2.24, 2.45) is 5.16 Å². The van der Waals surface area contributed by atoms with Crippen molar-refractivity contribution >= 4 is 18.3 Å². The lowest BCUT2D eigenvalue weighted by molar-refractivity contribution is -0.131. The molecule has 0 aliphatic heterocycles. The number of hydrogen-bond acceptors (Lipinski definition) is 3. The molecule has 2 aromatic rings. The van der Waals surface area contributed by atoms with E-state index in [0.717, 1.165) is 17.2 Å². The SMILES string of the molecule is O=C(O)/C=C/c1ccc(C=NOc2ccccc2)cc1. The standard InChI is InChI=1S/C16H13NO3/c18-16(19)11-10-13-6-8-14(9-7-13)12-17-20-15-4-2-1-3-5-15/h1-12H,(H,18,19)/b11-10+,17-12?. The molecule has 2 aromatic carbocycles. The topological polar surface area (TPSA) is 58.9 Å². The van der Waals surface area contributed by atoms with Crippen molar-refractivity contribution in [3.8, 4) is 5.75 Å². The van der Waals surface area contributed by atoms with E-state index in [1.807, 2.05) is 54.6 Å². The van der Waals surface area contributed by atoms with Crippen molar-refractivity contribution in [2.45, 2.75) is 0 Å². The van der Waals surface area contributed by atoms with Gasteiger partial charge in [0.25, 0.3) is 0 Å². The molecule has 0 unspecified atom stereocenters. The smallest absolute Gasteiger partial charge is 0.328 e. The summed E-state index contributed by atoms with van der Waals surface area (Å²) in [5, 5.41) is 12.4. The van der Waals surface area contributed by atoms with E-state index in [1.54, 1.807) is 6.21 Å². The molecule has 0 bridgehead atoms. The summed E-state index contributed by atoms with van der Waals surface area (Å²) in [5.74, 6) is -0.295. The fourth-order valence-electron chi connectivity index (χ4n) is 1.49. The maximum Gasteiger partial charge on any atom is 0.328 e. The maximum atomic E-state index is 10.4. The van der Waals surface area contributed by atoms with Gasteiger partial charge in [-0.25, -0.2) is 4.79 Å². The quantitative estimate of drug-likeness (QED) is 0.514. The lowest BCUT2D eigenvalue weighted by atomic mass is 10.1. The van der Waals surface area contributed by atoms with Gasteiger partial charge in [0.2, 0.25) is 0 Å². The third-order valence-corrected chi connectivity index (χ3v) is 2.46. The highest BCUT2D eigenvalue weighted by atomic mass is 16.6. The van der Waals surface area contributed by atoms with Gasteiger partial charge in [0.15, 0.2) is 5.75 Å². The summed E-state index contributed by atoms with van der Waals surface area (Å²) < 4.78 is 0. The van der Waals surface area contributed by atoms with E-state index < -0.39 is 5.97 Å². The predicted molar refractivity (Wildman–Crippen MR) is 77.8 cm³/mol. The van der Waals surface area contributed by atoms with E-state index in [-0.39, 0.29) is 0 Å². The number of carbonyl (C=O) groups is 1. The third-order valence-electron chi connectivity index (χ3n) is 2.46. The molecule has 1 N–H and O–H groups in total. The van der Waals surface area contributed by atoms with Crippen LogP contribution in [0.4, 0.5) is 0 Å². The van der Waals surface area contributed by atoms with Crippen LogP contribution >= 0.6 is 0 Å². The number of rotatable bonds is 5. The molecule has 0 heterocycles. The fourth-order valence-corrected chi connectivity index (χ4v) is 1.49. The molecule has 4 heteroatoms. The van der Waals surface area contributed by atoms with E-state index in [2.05, 4.69) is 5.16 Å². The Balaban J connectivity index is 1.95. The van der Waals surface area contributed by atoms with Gasteiger partial charge in [0, 0.05) is 6.08 Å². The second-order valence-electron chi connectivity index (χ2n) is 3.98. The molecule has 100 valence electrons. The van der Waals surface area contributed by atoms with Crippen molar-refractivity contribution in [3.63, 3.8) is 0 Å². The Morgan fingerprint density at radius 2 is 1.65 bits per heavy atom. The van der Waals surface area contributed by atoms with Crippen LogP contribution in [0.15, 0.2) is 65.8 Å². The minimum absolute atomic E-state index is 0.671. The Kier molecular flexibility index (Phi) is 4.67. The van der Waals surface area contributed by atoms with Gasteiger partial charge in [0.1, 0.15) is 0 Å². The monoisotopic (exact) mass is 267 g/mol. The first-order valence-corrected chi connectivity index (χ1v) is 6.00. The minimum Gasteiger partial charge on any atom is -0.478 e. The maximum absolute atomic E-state index is 10.4. The molecule has 0 saturated carbocycles. The van der Waals surface area contributed by atoms with Crippen molar-refractivity contribution in [2.75, 3.05) is 0 Å². The summed E-state index contributed by atoms with van der Waals surface area (Å²) in [6.45, 7) is 0. The second-order valence-corrected chi connectivity index (χ2v) is 3.98. The van der Waals surface area contributed by atoms with E-state index in [1.165, 1.54) is 6.08 Å². The van der Waals surface area contributed by atoms with Crippen LogP contribution in [0.2, 0.25) is 0 Å². The van der Waals surface area contributed by atoms with E-state index in [4.69, 9.17) is 9.94 Å². The van der Waals surface area contributed by atoms with Gasteiger partial charge < -0.3 is 9.94 Å². The number of carboxylic acid groups (broad SMARTS) is 1. The third kappa shape index (κ3) is 4.42. The molecule has 20 heavy (non-hydrogen) atoms. The molecule has 0 spiro atoms. The van der Waals surface area contributed by atoms with Crippen LogP contribution in [0.1, 0.15) is 11.1 Å². The Morgan fingerprint density at radius 3 is 2.30 bits per heavy atom. The van der Waals surface area contributed by atoms with Crippen LogP contribution in [0.3, 0.4) is 0 Å². The summed E-state index contributed by atoms with van der Waals surface area (Å²) in [5.41, 5.74) is 1.68. The zero-order valence-corrected chi connectivity index (χ0v) is 10.6. The molecular formula is C16H13NO3. The van der Waals surface area contributed by atoms with Gasteiger partial charge in [-0.05, 0) is 29.3 Å². The second kappa shape index (κ2) is 6.89. The average Bonchev–Trinajstić information content (AvgIpc) is 2.47. The van der Waals surface area contributed by atoms with E-state index in [0.29, 0.717) is 5.75 Å². The highest BCUT2D eigenvalue weighted by molar-refractivity contribution is 5.85. The zero-order chi connectivity index (χ0) is 14.2. The number of para-hydroxylation sites is 1. The first kappa shape index (κ1) is 13.5. The normalized spacial score (nSPS) is 11.0. The van der Waals surface area contributed by atoms with Crippen LogP contribution in [0.5, 0.6) is 5.75 Å². The molecule has 0 aliphatic carbocycles. The molecule has 0 aliphatic rings. The first-order chi connectivity index (χ1) is 9.74. The Bertz CT molecular complexity index is 616. The van der Waals surface area contributed by atoms with Crippen molar-refractivity contribution < 1.29 is 14.7 Å². The predicted octanol–water partition coefficient (Wildman–Crippen LogP) is 3.20. The minimum atomic E-state index is -0.966. The highest BCUT2D eigenvalue weighted by Gasteiger charge is 1.92. The lowest BCUT2D eigenvalue weighted by Crippen LogP contribution is -1.88. The van der Waals surface area contributed by atoms with Crippen LogP contribution in [0, 0.1) is 0 Å². The van der Waals surface area contributed by atoms with Gasteiger partial charge in [-0.15, -0.1) is 0 Å². The number of benzene rings is 2. The number of oxime groups is 1. The summed E-state index contributed by atoms with van der Waals surface area (Å²) in [7, 11) is 0. The van der Waals surface area contributed by atoms with Crippen molar-refractivity contribution in [1.82, 2.24) is 0 Å². The van der Waals surface area contributed by atoms with Crippen LogP contribution < -0.4 is 4.84 Å². The Hall–Kier alpha value is -2.88. The van der Waals surface area contributed by atoms with Crippen LogP contribution in [0.25, 0.3) is 6.08 Å². The average molecular weight is 267 g/mol. The van der Waals surface area contributed by atoms with Gasteiger partial charge >= 0.3 is 5.97 Å². The lowest BCUT2D eigenvalue weighted by Gasteiger charge is -1.97.